The summed E-state index contributed by atoms with van der Waals surface area (Å²) in [7, 11) is -0.853. The molecule has 5 atom stereocenters. The molecule has 5 amide bonds. The van der Waals surface area contributed by atoms with Crippen LogP contribution < -0.4 is 21.3 Å². The summed E-state index contributed by atoms with van der Waals surface area (Å²) < 4.78 is 19.5. The van der Waals surface area contributed by atoms with Gasteiger partial charge in [-0.2, -0.15) is 0 Å². The van der Waals surface area contributed by atoms with Crippen LogP contribution in [0.2, 0.25) is 0 Å². The normalized spacial score (nSPS) is 19.2. The van der Waals surface area contributed by atoms with E-state index in [1.807, 2.05) is 71.9 Å². The summed E-state index contributed by atoms with van der Waals surface area (Å²) in [4.78, 5) is 67.1. The average Bonchev–Trinajstić information content (AvgIpc) is 3.47. The molecule has 2 rings (SSSR count). The van der Waals surface area contributed by atoms with E-state index in [9.17, 15) is 33.6 Å². The molecule has 276 valence electrons. The molecule has 2 unspecified atom stereocenters. The van der Waals surface area contributed by atoms with E-state index in [0.29, 0.717) is 25.7 Å². The van der Waals surface area contributed by atoms with Crippen molar-refractivity contribution in [2.75, 3.05) is 33.1 Å². The fraction of sp³-hybridized carbons (Fsp3) is 0.686. The monoisotopic (exact) mass is 707 g/mol. The molecule has 1 aliphatic heterocycles. The number of hydrogen-bond donors (Lipinski definition) is 5. The van der Waals surface area contributed by atoms with Gasteiger partial charge in [-0.25, -0.2) is 4.79 Å². The largest absolute Gasteiger partial charge is 0.465 e. The van der Waals surface area contributed by atoms with Gasteiger partial charge in [0.1, 0.15) is 17.6 Å². The fourth-order valence-electron chi connectivity index (χ4n) is 6.45. The summed E-state index contributed by atoms with van der Waals surface area (Å²) in [6.45, 7) is 11.7. The van der Waals surface area contributed by atoms with Crippen LogP contribution in [-0.4, -0.2) is 90.5 Å². The molecule has 0 radical (unpaired) electrons. The molecule has 1 heterocycles. The Labute approximate surface area is 291 Å². The molecule has 1 saturated heterocycles. The topological polar surface area (TPSA) is 183 Å². The number of carboxylic acid groups (broad SMARTS) is 1. The van der Waals surface area contributed by atoms with Gasteiger partial charge in [0.25, 0.3) is 0 Å². The summed E-state index contributed by atoms with van der Waals surface area (Å²) in [6, 6.07) is 7.37. The Kier molecular flexibility index (Phi) is 16.3. The van der Waals surface area contributed by atoms with Crippen LogP contribution in [-0.2, 0) is 34.7 Å². The maximum atomic E-state index is 14.0. The number of hydrogen-bond acceptors (Lipinski definition) is 7. The summed E-state index contributed by atoms with van der Waals surface area (Å²) in [5, 5.41) is 21.0. The van der Waals surface area contributed by atoms with E-state index in [1.165, 1.54) is 14.2 Å². The first-order valence-electron chi connectivity index (χ1n) is 17.3. The smallest absolute Gasteiger partial charge is 0.408 e. The van der Waals surface area contributed by atoms with Crippen molar-refractivity contribution >= 4 is 37.1 Å². The van der Waals surface area contributed by atoms with Crippen molar-refractivity contribution in [3.05, 3.63) is 35.9 Å². The van der Waals surface area contributed by atoms with E-state index in [2.05, 4.69) is 21.3 Å². The average molecular weight is 708 g/mol. The van der Waals surface area contributed by atoms with Crippen LogP contribution in [0.4, 0.5) is 4.79 Å². The Balaban J connectivity index is 2.27. The number of rotatable bonds is 19. The summed E-state index contributed by atoms with van der Waals surface area (Å²) in [6.07, 6.45) is 0.253. The Hall–Kier alpha value is -3.44. The first kappa shape index (κ1) is 41.7. The van der Waals surface area contributed by atoms with Crippen LogP contribution in [0.5, 0.6) is 0 Å². The first-order chi connectivity index (χ1) is 23.0. The van der Waals surface area contributed by atoms with Crippen LogP contribution in [0.15, 0.2) is 30.3 Å². The predicted octanol–water partition coefficient (Wildman–Crippen LogP) is 4.21. The summed E-state index contributed by atoms with van der Waals surface area (Å²) in [5.74, 6) is -2.46. The van der Waals surface area contributed by atoms with Crippen molar-refractivity contribution in [1.29, 1.82) is 0 Å². The minimum Gasteiger partial charge on any atom is -0.465 e. The van der Waals surface area contributed by atoms with Gasteiger partial charge in [-0.15, -0.1) is 0 Å². The predicted molar refractivity (Wildman–Crippen MR) is 189 cm³/mol. The molecule has 0 saturated carbocycles. The summed E-state index contributed by atoms with van der Waals surface area (Å²) in [5.41, 5.74) is -0.605. The molecule has 1 fully saturated rings. The lowest BCUT2D eigenvalue weighted by atomic mass is 9.86. The van der Waals surface area contributed by atoms with Gasteiger partial charge in [-0.05, 0) is 55.4 Å². The maximum Gasteiger partial charge on any atom is 0.408 e. The van der Waals surface area contributed by atoms with Crippen molar-refractivity contribution in [3.63, 3.8) is 0 Å². The number of nitrogens with one attached hydrogen (secondary N) is 4. The van der Waals surface area contributed by atoms with Gasteiger partial charge in [0, 0.05) is 39.2 Å². The quantitative estimate of drug-likeness (QED) is 0.133. The zero-order valence-electron chi connectivity index (χ0n) is 30.4. The molecule has 0 spiro atoms. The Morgan fingerprint density at radius 1 is 0.878 bits per heavy atom. The molecule has 49 heavy (non-hydrogen) atoms. The van der Waals surface area contributed by atoms with E-state index >= 15 is 0 Å². The van der Waals surface area contributed by atoms with Gasteiger partial charge in [-0.1, -0.05) is 71.9 Å². The second kappa shape index (κ2) is 19.1. The molecule has 14 heteroatoms. The van der Waals surface area contributed by atoms with Crippen LogP contribution >= 0.6 is 7.37 Å². The highest BCUT2D eigenvalue weighted by atomic mass is 31.2. The number of likely N-dealkylation sites (tertiary alicyclic amines) is 1. The van der Waals surface area contributed by atoms with Crippen LogP contribution in [0.25, 0.3) is 0 Å². The van der Waals surface area contributed by atoms with Gasteiger partial charge in [-0.3, -0.25) is 28.6 Å². The van der Waals surface area contributed by atoms with E-state index in [4.69, 9.17) is 4.52 Å². The van der Waals surface area contributed by atoms with E-state index in [1.54, 1.807) is 0 Å². The van der Waals surface area contributed by atoms with E-state index in [-0.39, 0.29) is 55.5 Å². The highest BCUT2D eigenvalue weighted by Crippen LogP contribution is 2.47. The number of benzene rings is 1. The van der Waals surface area contributed by atoms with Gasteiger partial charge in [0.2, 0.25) is 31.0 Å². The van der Waals surface area contributed by atoms with Crippen LogP contribution in [0, 0.1) is 23.7 Å². The van der Waals surface area contributed by atoms with Gasteiger partial charge < -0.3 is 30.9 Å². The highest BCUT2D eigenvalue weighted by molar-refractivity contribution is 7.59. The van der Waals surface area contributed by atoms with Crippen molar-refractivity contribution in [2.45, 2.75) is 97.7 Å². The zero-order chi connectivity index (χ0) is 36.9. The Morgan fingerprint density at radius 3 is 1.96 bits per heavy atom. The molecule has 1 aliphatic rings. The summed E-state index contributed by atoms with van der Waals surface area (Å²) >= 11 is 0. The minimum atomic E-state index is -3.62. The molecule has 0 bridgehead atoms. The zero-order valence-corrected chi connectivity index (χ0v) is 31.3. The van der Waals surface area contributed by atoms with Crippen molar-refractivity contribution < 1.29 is 38.2 Å². The second-order valence-corrected chi connectivity index (χ2v) is 17.1. The number of amides is 5. The third kappa shape index (κ3) is 12.4. The molecule has 0 aliphatic carbocycles. The Morgan fingerprint density at radius 2 is 1.45 bits per heavy atom. The van der Waals surface area contributed by atoms with E-state index in [0.717, 1.165) is 10.5 Å². The number of nitrogens with zero attached hydrogens (tertiary/aromatic N) is 1. The van der Waals surface area contributed by atoms with Crippen LogP contribution in [0.1, 0.15) is 79.2 Å². The lowest BCUT2D eigenvalue weighted by Gasteiger charge is -2.37. The third-order valence-corrected chi connectivity index (χ3v) is 11.2. The van der Waals surface area contributed by atoms with Gasteiger partial charge in [0.05, 0.1) is 6.29 Å². The van der Waals surface area contributed by atoms with Crippen molar-refractivity contribution in [2.24, 2.45) is 23.7 Å². The molecule has 5 N–H and O–H groups in total. The number of carbonyl (C=O) groups excluding carboxylic acids is 4. The number of likely N-dealkylation sites (N-methyl/N-ethyl adjacent to an activating group) is 1. The van der Waals surface area contributed by atoms with Crippen LogP contribution in [0.3, 0.4) is 0 Å². The SMILES string of the molecule is CNC(=O)[C@H](CC(C)C)NC(=O)C(CC(C)C)CP(=O)(CNC(=O)[C@H](CC(C)C)NC(=O)[C@@]1(Cc2ccccc2)CCCN1C(=O)O)OC. The molecular weight excluding hydrogens is 649 g/mol. The molecule has 13 nitrogen and oxygen atoms in total. The lowest BCUT2D eigenvalue weighted by molar-refractivity contribution is -0.135. The maximum absolute atomic E-state index is 14.0. The minimum absolute atomic E-state index is 0.0206. The van der Waals surface area contributed by atoms with Gasteiger partial charge in [0.15, 0.2) is 0 Å². The molecule has 1 aromatic rings. The third-order valence-electron chi connectivity index (χ3n) is 8.85. The standard InChI is InChI=1S/C35H58N5O8P/c1-23(2)17-27(30(41)38-28(18-24(3)4)31(42)36-7)21-49(47,48-8)22-37-32(43)29(19-25(5)6)39-33(44)35(15-12-16-40(35)34(45)46)20-26-13-10-9-11-14-26/h9-11,13-14,23-25,27-29H,12,15-22H2,1-8H3,(H,36,42)(H,37,43)(H,38,41)(H,39,44)(H,45,46)/t27?,28-,29-,35-,49?/m0/s1. The Bertz CT molecular complexity index is 1320. The van der Waals surface area contributed by atoms with Crippen molar-refractivity contribution in [3.8, 4) is 0 Å². The second-order valence-electron chi connectivity index (χ2n) is 14.4. The fourth-order valence-corrected chi connectivity index (χ4v) is 8.24. The van der Waals surface area contributed by atoms with Crippen molar-refractivity contribution in [1.82, 2.24) is 26.2 Å². The molecular formula is C35H58N5O8P. The highest BCUT2D eigenvalue weighted by Gasteiger charge is 2.50. The first-order valence-corrected chi connectivity index (χ1v) is 19.2. The lowest BCUT2D eigenvalue weighted by Crippen LogP contribution is -2.61. The van der Waals surface area contributed by atoms with E-state index < -0.39 is 54.7 Å². The molecule has 0 aromatic heterocycles. The van der Waals surface area contributed by atoms with Gasteiger partial charge >= 0.3 is 6.09 Å². The molecule has 1 aromatic carbocycles. The number of carbonyl (C=O) groups is 5.